The highest BCUT2D eigenvalue weighted by Gasteiger charge is 2.23. The van der Waals surface area contributed by atoms with Crippen molar-refractivity contribution >= 4 is 28.6 Å². The van der Waals surface area contributed by atoms with Gasteiger partial charge in [0.1, 0.15) is 12.4 Å². The lowest BCUT2D eigenvalue weighted by Gasteiger charge is -2.30. The molecule has 0 bridgehead atoms. The number of ether oxygens (including phenoxy) is 1. The van der Waals surface area contributed by atoms with Crippen LogP contribution in [0.15, 0.2) is 54.6 Å². The number of fused-ring (bicyclic) bond motifs is 1. The number of hydrogen-bond acceptors (Lipinski definition) is 6. The SMILES string of the molecule is CN(C)c1nc(NC2CCC(NC(=O)COCc3ccccc3)CC2)nc2ccccc12. The number of nitrogens with one attached hydrogen (secondary N) is 2. The minimum Gasteiger partial charge on any atom is -0.367 e. The van der Waals surface area contributed by atoms with Gasteiger partial charge in [-0.2, -0.15) is 4.98 Å². The number of nitrogens with zero attached hydrogens (tertiary/aromatic N) is 3. The van der Waals surface area contributed by atoms with Crippen LogP contribution in [0, 0.1) is 0 Å². The Morgan fingerprint density at radius 2 is 1.66 bits per heavy atom. The normalized spacial score (nSPS) is 18.3. The van der Waals surface area contributed by atoms with Crippen LogP contribution in [-0.4, -0.2) is 48.7 Å². The van der Waals surface area contributed by atoms with Crippen LogP contribution in [0.4, 0.5) is 11.8 Å². The van der Waals surface area contributed by atoms with Gasteiger partial charge in [0.15, 0.2) is 0 Å². The predicted molar refractivity (Wildman–Crippen MR) is 128 cm³/mol. The van der Waals surface area contributed by atoms with Crippen LogP contribution in [0.5, 0.6) is 0 Å². The molecule has 0 atom stereocenters. The van der Waals surface area contributed by atoms with Crippen molar-refractivity contribution in [1.29, 1.82) is 0 Å². The summed E-state index contributed by atoms with van der Waals surface area (Å²) in [5, 5.41) is 7.66. The topological polar surface area (TPSA) is 79.4 Å². The zero-order valence-corrected chi connectivity index (χ0v) is 18.8. The number of carbonyl (C=O) groups excluding carboxylic acids is 1. The molecule has 2 aromatic carbocycles. The molecule has 0 saturated heterocycles. The van der Waals surface area contributed by atoms with Gasteiger partial charge in [-0.05, 0) is 43.4 Å². The summed E-state index contributed by atoms with van der Waals surface area (Å²) in [6, 6.07) is 18.4. The molecule has 1 aliphatic rings. The third-order valence-corrected chi connectivity index (χ3v) is 5.78. The molecule has 1 amide bonds. The van der Waals surface area contributed by atoms with Gasteiger partial charge in [0, 0.05) is 31.6 Å². The Hall–Kier alpha value is -3.19. The first-order valence-corrected chi connectivity index (χ1v) is 11.2. The van der Waals surface area contributed by atoms with Crippen LogP contribution in [-0.2, 0) is 16.1 Å². The summed E-state index contributed by atoms with van der Waals surface area (Å²) in [6.45, 7) is 0.539. The zero-order chi connectivity index (χ0) is 22.3. The van der Waals surface area contributed by atoms with Gasteiger partial charge in [-0.1, -0.05) is 42.5 Å². The number of aromatic nitrogens is 2. The summed E-state index contributed by atoms with van der Waals surface area (Å²) in [7, 11) is 3.99. The molecule has 7 heteroatoms. The Labute approximate surface area is 189 Å². The lowest BCUT2D eigenvalue weighted by molar-refractivity contribution is -0.127. The Morgan fingerprint density at radius 3 is 2.41 bits per heavy atom. The third kappa shape index (κ3) is 5.73. The summed E-state index contributed by atoms with van der Waals surface area (Å²) < 4.78 is 5.54. The lowest BCUT2D eigenvalue weighted by Crippen LogP contribution is -2.41. The molecule has 168 valence electrons. The molecule has 3 aromatic rings. The Balaban J connectivity index is 1.25. The van der Waals surface area contributed by atoms with E-state index >= 15 is 0 Å². The fourth-order valence-electron chi connectivity index (χ4n) is 4.14. The molecule has 0 aliphatic heterocycles. The van der Waals surface area contributed by atoms with Gasteiger partial charge >= 0.3 is 0 Å². The first-order chi connectivity index (χ1) is 15.6. The summed E-state index contributed by atoms with van der Waals surface area (Å²) in [4.78, 5) is 23.7. The van der Waals surface area contributed by atoms with Gasteiger partial charge in [-0.3, -0.25) is 4.79 Å². The second kappa shape index (κ2) is 10.4. The number of anilines is 2. The smallest absolute Gasteiger partial charge is 0.246 e. The molecule has 32 heavy (non-hydrogen) atoms. The maximum atomic E-state index is 12.2. The standard InChI is InChI=1S/C25H31N5O2/c1-30(2)24-21-10-6-7-11-22(21)28-25(29-24)27-20-14-12-19(13-15-20)26-23(31)17-32-16-18-8-4-3-5-9-18/h3-11,19-20H,12-17H2,1-2H3,(H,26,31)(H,27,28,29). The highest BCUT2D eigenvalue weighted by Crippen LogP contribution is 2.26. The quantitative estimate of drug-likeness (QED) is 0.563. The number of amides is 1. The van der Waals surface area contributed by atoms with E-state index in [4.69, 9.17) is 14.7 Å². The fourth-order valence-corrected chi connectivity index (χ4v) is 4.14. The van der Waals surface area contributed by atoms with E-state index in [2.05, 4.69) is 10.6 Å². The van der Waals surface area contributed by atoms with Gasteiger partial charge in [-0.15, -0.1) is 0 Å². The fraction of sp³-hybridized carbons (Fsp3) is 0.400. The van der Waals surface area contributed by atoms with E-state index in [9.17, 15) is 4.79 Å². The first kappa shape index (κ1) is 22.0. The Morgan fingerprint density at radius 1 is 0.969 bits per heavy atom. The average Bonchev–Trinajstić information content (AvgIpc) is 2.80. The van der Waals surface area contributed by atoms with Gasteiger partial charge in [0.25, 0.3) is 0 Å². The van der Waals surface area contributed by atoms with Crippen LogP contribution in [0.2, 0.25) is 0 Å². The van der Waals surface area contributed by atoms with Crippen LogP contribution in [0.25, 0.3) is 10.9 Å². The van der Waals surface area contributed by atoms with Crippen molar-refractivity contribution in [1.82, 2.24) is 15.3 Å². The van der Waals surface area contributed by atoms with Crippen molar-refractivity contribution < 1.29 is 9.53 Å². The van der Waals surface area contributed by atoms with Crippen molar-refractivity contribution in [3.05, 3.63) is 60.2 Å². The monoisotopic (exact) mass is 433 g/mol. The molecule has 7 nitrogen and oxygen atoms in total. The molecule has 1 heterocycles. The van der Waals surface area contributed by atoms with E-state index in [1.807, 2.05) is 73.6 Å². The first-order valence-electron chi connectivity index (χ1n) is 11.2. The number of carbonyl (C=O) groups is 1. The minimum absolute atomic E-state index is 0.0502. The van der Waals surface area contributed by atoms with E-state index in [0.717, 1.165) is 48.0 Å². The van der Waals surface area contributed by atoms with Crippen LogP contribution >= 0.6 is 0 Å². The second-order valence-corrected chi connectivity index (χ2v) is 8.52. The van der Waals surface area contributed by atoms with Crippen LogP contribution < -0.4 is 15.5 Å². The van der Waals surface area contributed by atoms with Crippen LogP contribution in [0.3, 0.4) is 0 Å². The zero-order valence-electron chi connectivity index (χ0n) is 18.8. The number of para-hydroxylation sites is 1. The van der Waals surface area contributed by atoms with Crippen molar-refractivity contribution in [3.63, 3.8) is 0 Å². The van der Waals surface area contributed by atoms with Crippen LogP contribution in [0.1, 0.15) is 31.2 Å². The molecule has 1 aliphatic carbocycles. The summed E-state index contributed by atoms with van der Waals surface area (Å²) in [5.74, 6) is 1.52. The molecule has 0 spiro atoms. The maximum absolute atomic E-state index is 12.2. The van der Waals surface area contributed by atoms with Gasteiger partial charge in [0.05, 0.1) is 12.1 Å². The predicted octanol–water partition coefficient (Wildman–Crippen LogP) is 3.75. The van der Waals surface area contributed by atoms with Crippen molar-refractivity contribution in [2.45, 2.75) is 44.4 Å². The molecule has 0 unspecified atom stereocenters. The third-order valence-electron chi connectivity index (χ3n) is 5.78. The largest absolute Gasteiger partial charge is 0.367 e. The van der Waals surface area contributed by atoms with E-state index in [0.29, 0.717) is 18.6 Å². The molecule has 1 fully saturated rings. The minimum atomic E-state index is -0.0502. The molecule has 1 aromatic heterocycles. The summed E-state index contributed by atoms with van der Waals surface area (Å²) in [5.41, 5.74) is 2.00. The molecular formula is C25H31N5O2. The summed E-state index contributed by atoms with van der Waals surface area (Å²) >= 11 is 0. The Kier molecular flexibility index (Phi) is 7.17. The van der Waals surface area contributed by atoms with E-state index in [1.54, 1.807) is 0 Å². The Bertz CT molecular complexity index is 1030. The highest BCUT2D eigenvalue weighted by atomic mass is 16.5. The van der Waals surface area contributed by atoms with Gasteiger partial charge < -0.3 is 20.3 Å². The second-order valence-electron chi connectivity index (χ2n) is 8.52. The van der Waals surface area contributed by atoms with Crippen molar-refractivity contribution in [3.8, 4) is 0 Å². The van der Waals surface area contributed by atoms with E-state index in [-0.39, 0.29) is 18.6 Å². The maximum Gasteiger partial charge on any atom is 0.246 e. The molecule has 0 radical (unpaired) electrons. The van der Waals surface area contributed by atoms with Gasteiger partial charge in [0.2, 0.25) is 11.9 Å². The lowest BCUT2D eigenvalue weighted by atomic mass is 9.91. The number of benzene rings is 2. The molecule has 2 N–H and O–H groups in total. The highest BCUT2D eigenvalue weighted by molar-refractivity contribution is 5.90. The molecular weight excluding hydrogens is 402 g/mol. The number of rotatable bonds is 8. The molecule has 4 rings (SSSR count). The van der Waals surface area contributed by atoms with Crippen molar-refractivity contribution in [2.24, 2.45) is 0 Å². The average molecular weight is 434 g/mol. The van der Waals surface area contributed by atoms with E-state index < -0.39 is 0 Å². The number of hydrogen-bond donors (Lipinski definition) is 2. The summed E-state index contributed by atoms with van der Waals surface area (Å²) in [6.07, 6.45) is 3.78. The van der Waals surface area contributed by atoms with Crippen molar-refractivity contribution in [2.75, 3.05) is 30.9 Å². The van der Waals surface area contributed by atoms with Gasteiger partial charge in [-0.25, -0.2) is 4.98 Å². The van der Waals surface area contributed by atoms with E-state index in [1.165, 1.54) is 0 Å². The molecule has 1 saturated carbocycles.